The van der Waals surface area contributed by atoms with Crippen LogP contribution in [0, 0.1) is 5.41 Å². The summed E-state index contributed by atoms with van der Waals surface area (Å²) < 4.78 is 0. The molecule has 0 spiro atoms. The maximum absolute atomic E-state index is 11.2. The molecule has 1 aliphatic rings. The highest BCUT2D eigenvalue weighted by molar-refractivity contribution is 6.14. The fourth-order valence-electron chi connectivity index (χ4n) is 1.08. The lowest BCUT2D eigenvalue weighted by atomic mass is 10.2. The number of amides is 1. The molecular formula is C8H10N2O. The van der Waals surface area contributed by atoms with Crippen molar-refractivity contribution in [2.45, 2.75) is 0 Å². The molecule has 0 aliphatic carbocycles. The number of nitrogens with one attached hydrogen (secondary N) is 1. The fraction of sp³-hybridized carbons (Fsp3) is 0.250. The van der Waals surface area contributed by atoms with Crippen LogP contribution in [0.25, 0.3) is 0 Å². The van der Waals surface area contributed by atoms with E-state index >= 15 is 0 Å². The van der Waals surface area contributed by atoms with Gasteiger partial charge in [0.25, 0.3) is 5.91 Å². The molecule has 0 radical (unpaired) electrons. The summed E-state index contributed by atoms with van der Waals surface area (Å²) in [4.78, 5) is 12.7. The zero-order valence-electron chi connectivity index (χ0n) is 6.42. The standard InChI is InChI=1S/C8H10N2O/c1-3-6-5-10(2)8(11)7(6)4-9/h3-4,9H,1,5H2,2H3. The molecule has 3 nitrogen and oxygen atoms in total. The van der Waals surface area contributed by atoms with E-state index in [4.69, 9.17) is 5.41 Å². The number of rotatable bonds is 2. The number of nitrogens with zero attached hydrogens (tertiary/aromatic N) is 1. The summed E-state index contributed by atoms with van der Waals surface area (Å²) in [7, 11) is 1.71. The molecule has 1 N–H and O–H groups in total. The molecule has 0 aromatic rings. The van der Waals surface area contributed by atoms with Crippen LogP contribution < -0.4 is 0 Å². The highest BCUT2D eigenvalue weighted by atomic mass is 16.2. The molecule has 0 aromatic carbocycles. The van der Waals surface area contributed by atoms with Crippen LogP contribution in [-0.2, 0) is 4.79 Å². The molecule has 0 saturated heterocycles. The Balaban J connectivity index is 3.04. The molecule has 3 heteroatoms. The molecular weight excluding hydrogens is 140 g/mol. The third kappa shape index (κ3) is 1.09. The Kier molecular flexibility index (Phi) is 1.89. The average Bonchev–Trinajstić information content (AvgIpc) is 2.28. The van der Waals surface area contributed by atoms with Crippen molar-refractivity contribution in [1.82, 2.24) is 4.90 Å². The Labute approximate surface area is 65.5 Å². The number of hydrogen-bond acceptors (Lipinski definition) is 2. The van der Waals surface area contributed by atoms with Crippen LogP contribution in [0.4, 0.5) is 0 Å². The zero-order valence-corrected chi connectivity index (χ0v) is 6.42. The van der Waals surface area contributed by atoms with Gasteiger partial charge in [-0.2, -0.15) is 0 Å². The predicted octanol–water partition coefficient (Wildman–Crippen LogP) is 0.591. The molecule has 1 heterocycles. The molecule has 0 aromatic heterocycles. The first-order valence-electron chi connectivity index (χ1n) is 3.32. The van der Waals surface area contributed by atoms with E-state index in [1.807, 2.05) is 0 Å². The van der Waals surface area contributed by atoms with E-state index in [2.05, 4.69) is 6.58 Å². The smallest absolute Gasteiger partial charge is 0.255 e. The van der Waals surface area contributed by atoms with Gasteiger partial charge in [-0.1, -0.05) is 12.7 Å². The van der Waals surface area contributed by atoms with Gasteiger partial charge in [-0.3, -0.25) is 4.79 Å². The first-order valence-corrected chi connectivity index (χ1v) is 3.32. The summed E-state index contributed by atoms with van der Waals surface area (Å²) in [5, 5.41) is 6.98. The van der Waals surface area contributed by atoms with Crippen LogP contribution in [0.5, 0.6) is 0 Å². The van der Waals surface area contributed by atoms with Gasteiger partial charge >= 0.3 is 0 Å². The quantitative estimate of drug-likeness (QED) is 0.575. The molecule has 0 atom stereocenters. The SMILES string of the molecule is C=CC1=C(C=N)C(=O)N(C)C1. The van der Waals surface area contributed by atoms with Gasteiger partial charge in [0.15, 0.2) is 0 Å². The molecule has 1 amide bonds. The number of likely N-dealkylation sites (N-methyl/N-ethyl adjacent to an activating group) is 1. The van der Waals surface area contributed by atoms with Gasteiger partial charge < -0.3 is 10.3 Å². The Morgan fingerprint density at radius 2 is 2.36 bits per heavy atom. The van der Waals surface area contributed by atoms with Crippen LogP contribution >= 0.6 is 0 Å². The number of carbonyl (C=O) groups excluding carboxylic acids is 1. The molecule has 58 valence electrons. The molecule has 11 heavy (non-hydrogen) atoms. The number of hydrogen-bond donors (Lipinski definition) is 1. The molecule has 0 saturated carbocycles. The monoisotopic (exact) mass is 150 g/mol. The van der Waals surface area contributed by atoms with Crippen molar-refractivity contribution in [3.05, 3.63) is 23.8 Å². The van der Waals surface area contributed by atoms with Crippen molar-refractivity contribution in [3.8, 4) is 0 Å². The number of carbonyl (C=O) groups is 1. The van der Waals surface area contributed by atoms with Crippen molar-refractivity contribution < 1.29 is 4.79 Å². The average molecular weight is 150 g/mol. The summed E-state index contributed by atoms with van der Waals surface area (Å²) in [6.45, 7) is 4.15. The van der Waals surface area contributed by atoms with Gasteiger partial charge in [-0.05, 0) is 5.57 Å². The minimum Gasteiger partial charge on any atom is -0.337 e. The van der Waals surface area contributed by atoms with Gasteiger partial charge in [0.2, 0.25) is 0 Å². The van der Waals surface area contributed by atoms with E-state index in [9.17, 15) is 4.79 Å². The van der Waals surface area contributed by atoms with Crippen LogP contribution in [0.15, 0.2) is 23.8 Å². The van der Waals surface area contributed by atoms with Crippen LogP contribution in [0.2, 0.25) is 0 Å². The summed E-state index contributed by atoms with van der Waals surface area (Å²) in [5.74, 6) is -0.0881. The molecule has 0 fully saturated rings. The summed E-state index contributed by atoms with van der Waals surface area (Å²) in [5.41, 5.74) is 1.30. The van der Waals surface area contributed by atoms with E-state index < -0.39 is 0 Å². The predicted molar refractivity (Wildman–Crippen MR) is 43.6 cm³/mol. The van der Waals surface area contributed by atoms with Gasteiger partial charge in [0.05, 0.1) is 5.57 Å². The summed E-state index contributed by atoms with van der Waals surface area (Å²) in [6, 6.07) is 0. The molecule has 1 aliphatic heterocycles. The second kappa shape index (κ2) is 2.70. The van der Waals surface area contributed by atoms with Gasteiger partial charge in [-0.25, -0.2) is 0 Å². The lowest BCUT2D eigenvalue weighted by molar-refractivity contribution is -0.123. The normalized spacial score (nSPS) is 17.5. The van der Waals surface area contributed by atoms with E-state index in [1.165, 1.54) is 0 Å². The van der Waals surface area contributed by atoms with Crippen molar-refractivity contribution in [3.63, 3.8) is 0 Å². The molecule has 1 rings (SSSR count). The first kappa shape index (κ1) is 7.72. The Morgan fingerprint density at radius 3 is 2.73 bits per heavy atom. The van der Waals surface area contributed by atoms with E-state index in [0.29, 0.717) is 12.1 Å². The van der Waals surface area contributed by atoms with E-state index in [-0.39, 0.29) is 5.91 Å². The fourth-order valence-corrected chi connectivity index (χ4v) is 1.08. The maximum atomic E-state index is 11.2. The summed E-state index contributed by atoms with van der Waals surface area (Å²) >= 11 is 0. The first-order chi connectivity index (χ1) is 5.20. The van der Waals surface area contributed by atoms with Crippen molar-refractivity contribution >= 4 is 12.1 Å². The Bertz CT molecular complexity index is 253. The second-order valence-corrected chi connectivity index (χ2v) is 2.45. The minimum absolute atomic E-state index is 0.0881. The molecule has 0 unspecified atom stereocenters. The molecule has 0 bridgehead atoms. The topological polar surface area (TPSA) is 44.2 Å². The van der Waals surface area contributed by atoms with Crippen LogP contribution in [0.1, 0.15) is 0 Å². The third-order valence-corrected chi connectivity index (χ3v) is 1.72. The summed E-state index contributed by atoms with van der Waals surface area (Å²) in [6.07, 6.45) is 2.71. The highest BCUT2D eigenvalue weighted by Gasteiger charge is 2.23. The van der Waals surface area contributed by atoms with Crippen molar-refractivity contribution in [2.24, 2.45) is 0 Å². The Morgan fingerprint density at radius 1 is 1.73 bits per heavy atom. The van der Waals surface area contributed by atoms with Crippen LogP contribution in [-0.4, -0.2) is 30.6 Å². The lowest BCUT2D eigenvalue weighted by Crippen LogP contribution is -2.21. The van der Waals surface area contributed by atoms with Gasteiger partial charge in [0.1, 0.15) is 0 Å². The van der Waals surface area contributed by atoms with Crippen molar-refractivity contribution in [2.75, 3.05) is 13.6 Å². The second-order valence-electron chi connectivity index (χ2n) is 2.45. The highest BCUT2D eigenvalue weighted by Crippen LogP contribution is 2.15. The minimum atomic E-state index is -0.0881. The largest absolute Gasteiger partial charge is 0.337 e. The van der Waals surface area contributed by atoms with E-state index in [1.54, 1.807) is 18.0 Å². The van der Waals surface area contributed by atoms with Crippen molar-refractivity contribution in [1.29, 1.82) is 5.41 Å². The Hall–Kier alpha value is -1.38. The van der Waals surface area contributed by atoms with Gasteiger partial charge in [0, 0.05) is 19.8 Å². The van der Waals surface area contributed by atoms with E-state index in [0.717, 1.165) is 11.8 Å². The zero-order chi connectivity index (χ0) is 8.43. The maximum Gasteiger partial charge on any atom is 0.255 e. The third-order valence-electron chi connectivity index (χ3n) is 1.72. The van der Waals surface area contributed by atoms with Gasteiger partial charge in [-0.15, -0.1) is 0 Å². The lowest BCUT2D eigenvalue weighted by Gasteiger charge is -2.06. The van der Waals surface area contributed by atoms with Crippen LogP contribution in [0.3, 0.4) is 0 Å².